The van der Waals surface area contributed by atoms with Gasteiger partial charge in [-0.3, -0.25) is 0 Å². The molecule has 3 aliphatic rings. The van der Waals surface area contributed by atoms with E-state index >= 15 is 0 Å². The Kier molecular flexibility index (Phi) is 3.79. The Labute approximate surface area is 147 Å². The van der Waals surface area contributed by atoms with Gasteiger partial charge in [0.25, 0.3) is 0 Å². The molecule has 0 bridgehead atoms. The molecule has 0 radical (unpaired) electrons. The van der Waals surface area contributed by atoms with Crippen molar-refractivity contribution in [3.05, 3.63) is 24.5 Å². The van der Waals surface area contributed by atoms with Crippen molar-refractivity contribution in [1.29, 1.82) is 0 Å². The molecular weight excluding hydrogens is 314 g/mol. The minimum absolute atomic E-state index is 0.522. The fraction of sp³-hybridized carbons (Fsp3) is 0.667. The first-order valence-electron chi connectivity index (χ1n) is 9.57. The molecule has 7 heteroatoms. The number of piperidine rings is 1. The Hall–Kier alpha value is -2.18. The summed E-state index contributed by atoms with van der Waals surface area (Å²) in [5.41, 5.74) is 0. The molecule has 0 atom stereocenters. The first kappa shape index (κ1) is 15.1. The second-order valence-corrected chi connectivity index (χ2v) is 7.67. The van der Waals surface area contributed by atoms with Gasteiger partial charge in [-0.15, -0.1) is 10.2 Å². The molecule has 1 N–H and O–H groups in total. The largest absolute Gasteiger partial charge is 0.370 e. The van der Waals surface area contributed by atoms with E-state index in [1.807, 2.05) is 6.33 Å². The molecule has 2 aromatic rings. The van der Waals surface area contributed by atoms with E-state index < -0.39 is 0 Å². The third-order valence-electron chi connectivity index (χ3n) is 5.65. The molecule has 7 nitrogen and oxygen atoms in total. The van der Waals surface area contributed by atoms with Gasteiger partial charge in [-0.05, 0) is 44.4 Å². The fourth-order valence-electron chi connectivity index (χ4n) is 3.73. The van der Waals surface area contributed by atoms with Crippen molar-refractivity contribution >= 4 is 11.6 Å². The lowest BCUT2D eigenvalue weighted by molar-refractivity contribution is 0.463. The maximum Gasteiger partial charge on any atom is 0.136 e. The lowest BCUT2D eigenvalue weighted by Gasteiger charge is -2.32. The Morgan fingerprint density at radius 3 is 2.64 bits per heavy atom. The van der Waals surface area contributed by atoms with Crippen LogP contribution < -0.4 is 10.2 Å². The molecule has 1 saturated heterocycles. The summed E-state index contributed by atoms with van der Waals surface area (Å²) in [6, 6.07) is 2.75. The van der Waals surface area contributed by atoms with E-state index in [9.17, 15) is 0 Å². The smallest absolute Gasteiger partial charge is 0.136 e. The number of hydrogen-bond acceptors (Lipinski definition) is 6. The summed E-state index contributed by atoms with van der Waals surface area (Å²) >= 11 is 0. The van der Waals surface area contributed by atoms with Crippen LogP contribution in [0.5, 0.6) is 0 Å². The summed E-state index contributed by atoms with van der Waals surface area (Å²) in [6.45, 7) is 3.07. The lowest BCUT2D eigenvalue weighted by Crippen LogP contribution is -2.34. The predicted octanol–water partition coefficient (Wildman–Crippen LogP) is 2.61. The predicted molar refractivity (Wildman–Crippen MR) is 95.7 cm³/mol. The van der Waals surface area contributed by atoms with Gasteiger partial charge in [-0.25, -0.2) is 9.97 Å². The molecule has 0 spiro atoms. The molecule has 132 valence electrons. The van der Waals surface area contributed by atoms with E-state index in [1.165, 1.54) is 31.5 Å². The van der Waals surface area contributed by atoms with Crippen LogP contribution >= 0.6 is 0 Å². The third kappa shape index (κ3) is 3.32. The Morgan fingerprint density at radius 1 is 1.04 bits per heavy atom. The van der Waals surface area contributed by atoms with Crippen LogP contribution in [-0.4, -0.2) is 44.4 Å². The van der Waals surface area contributed by atoms with E-state index in [2.05, 4.69) is 41.0 Å². The first-order chi connectivity index (χ1) is 12.4. The summed E-state index contributed by atoms with van der Waals surface area (Å²) in [7, 11) is 0. The van der Waals surface area contributed by atoms with Crippen LogP contribution in [-0.2, 0) is 0 Å². The van der Waals surface area contributed by atoms with E-state index in [0.29, 0.717) is 12.0 Å². The average Bonchev–Trinajstić information content (AvgIpc) is 3.60. The molecule has 0 unspecified atom stereocenters. The highest BCUT2D eigenvalue weighted by Crippen LogP contribution is 2.38. The average molecular weight is 339 g/mol. The number of rotatable bonds is 6. The number of aromatic nitrogens is 5. The summed E-state index contributed by atoms with van der Waals surface area (Å²) in [4.78, 5) is 11.2. The SMILES string of the molecule is c1nc(NCC2CC2)cc(N2CCC(c3nncn3C3CC3)CC2)n1. The fourth-order valence-corrected chi connectivity index (χ4v) is 3.73. The highest BCUT2D eigenvalue weighted by atomic mass is 15.3. The maximum absolute atomic E-state index is 4.49. The highest BCUT2D eigenvalue weighted by molar-refractivity contribution is 5.48. The zero-order chi connectivity index (χ0) is 16.6. The number of hydrogen-bond donors (Lipinski definition) is 1. The molecule has 0 amide bonds. The molecule has 1 aliphatic heterocycles. The number of nitrogens with zero attached hydrogens (tertiary/aromatic N) is 6. The van der Waals surface area contributed by atoms with Gasteiger partial charge in [0.15, 0.2) is 0 Å². The van der Waals surface area contributed by atoms with Gasteiger partial charge >= 0.3 is 0 Å². The first-order valence-corrected chi connectivity index (χ1v) is 9.57. The van der Waals surface area contributed by atoms with Crippen molar-refractivity contribution in [2.45, 2.75) is 50.5 Å². The molecule has 2 aromatic heterocycles. The van der Waals surface area contributed by atoms with E-state index in [1.54, 1.807) is 6.33 Å². The van der Waals surface area contributed by atoms with Gasteiger partial charge < -0.3 is 14.8 Å². The van der Waals surface area contributed by atoms with Crippen molar-refractivity contribution in [3.63, 3.8) is 0 Å². The third-order valence-corrected chi connectivity index (χ3v) is 5.65. The second-order valence-electron chi connectivity index (χ2n) is 7.67. The molecular formula is C18H25N7. The summed E-state index contributed by atoms with van der Waals surface area (Å²) in [5.74, 6) is 4.55. The van der Waals surface area contributed by atoms with E-state index in [-0.39, 0.29) is 0 Å². The Bertz CT molecular complexity index is 727. The van der Waals surface area contributed by atoms with Crippen LogP contribution in [0.3, 0.4) is 0 Å². The van der Waals surface area contributed by atoms with Crippen molar-refractivity contribution in [2.24, 2.45) is 5.92 Å². The van der Waals surface area contributed by atoms with Gasteiger partial charge in [-0.1, -0.05) is 0 Å². The molecule has 0 aromatic carbocycles. The van der Waals surface area contributed by atoms with Crippen molar-refractivity contribution < 1.29 is 0 Å². The van der Waals surface area contributed by atoms with E-state index in [4.69, 9.17) is 0 Å². The number of anilines is 2. The molecule has 5 rings (SSSR count). The Balaban J connectivity index is 1.22. The van der Waals surface area contributed by atoms with Crippen molar-refractivity contribution in [3.8, 4) is 0 Å². The van der Waals surface area contributed by atoms with Gasteiger partial charge in [0.2, 0.25) is 0 Å². The normalized spacial score (nSPS) is 21.5. The van der Waals surface area contributed by atoms with Gasteiger partial charge in [0.05, 0.1) is 0 Å². The summed E-state index contributed by atoms with van der Waals surface area (Å²) in [6.07, 6.45) is 11.1. The van der Waals surface area contributed by atoms with Crippen LogP contribution in [0.4, 0.5) is 11.6 Å². The van der Waals surface area contributed by atoms with Gasteiger partial charge in [0.1, 0.15) is 30.1 Å². The molecule has 25 heavy (non-hydrogen) atoms. The quantitative estimate of drug-likeness (QED) is 0.872. The van der Waals surface area contributed by atoms with Gasteiger partial charge in [-0.2, -0.15) is 0 Å². The molecule has 3 heterocycles. The second kappa shape index (κ2) is 6.28. The van der Waals surface area contributed by atoms with E-state index in [0.717, 1.165) is 50.0 Å². The minimum atomic E-state index is 0.522. The van der Waals surface area contributed by atoms with Crippen LogP contribution in [0, 0.1) is 5.92 Å². The lowest BCUT2D eigenvalue weighted by atomic mass is 9.96. The van der Waals surface area contributed by atoms with Gasteiger partial charge in [0, 0.05) is 37.7 Å². The van der Waals surface area contributed by atoms with Crippen LogP contribution in [0.1, 0.15) is 56.3 Å². The zero-order valence-corrected chi connectivity index (χ0v) is 14.5. The molecule has 2 aliphatic carbocycles. The monoisotopic (exact) mass is 339 g/mol. The Morgan fingerprint density at radius 2 is 1.88 bits per heavy atom. The number of nitrogens with one attached hydrogen (secondary N) is 1. The van der Waals surface area contributed by atoms with Crippen molar-refractivity contribution in [1.82, 2.24) is 24.7 Å². The van der Waals surface area contributed by atoms with Crippen LogP contribution in [0.25, 0.3) is 0 Å². The van der Waals surface area contributed by atoms with Crippen LogP contribution in [0.2, 0.25) is 0 Å². The van der Waals surface area contributed by atoms with Crippen molar-refractivity contribution in [2.75, 3.05) is 29.9 Å². The van der Waals surface area contributed by atoms with Crippen LogP contribution in [0.15, 0.2) is 18.7 Å². The summed E-state index contributed by atoms with van der Waals surface area (Å²) < 4.78 is 2.31. The standard InChI is InChI=1S/C18H25N7/c1-2-13(1)10-19-16-9-17(21-11-20-16)24-7-5-14(6-8-24)18-23-22-12-25(18)15-3-4-15/h9,11-15H,1-8,10H2,(H,19,20,21). The minimum Gasteiger partial charge on any atom is -0.370 e. The summed E-state index contributed by atoms with van der Waals surface area (Å²) in [5, 5.41) is 12.0. The zero-order valence-electron chi connectivity index (χ0n) is 14.5. The highest BCUT2D eigenvalue weighted by Gasteiger charge is 2.31. The molecule has 3 fully saturated rings. The topological polar surface area (TPSA) is 71.8 Å². The molecule has 2 saturated carbocycles. The maximum atomic E-state index is 4.49.